The van der Waals surface area contributed by atoms with Crippen LogP contribution in [0.1, 0.15) is 57.5 Å². The van der Waals surface area contributed by atoms with E-state index < -0.39 is 36.1 Å². The molecule has 258 valence electrons. The molecule has 2 aromatic carbocycles. The van der Waals surface area contributed by atoms with Gasteiger partial charge in [-0.25, -0.2) is 24.2 Å². The highest BCUT2D eigenvalue weighted by atomic mass is 32.1. The summed E-state index contributed by atoms with van der Waals surface area (Å²) in [6.45, 7) is 4.21. The van der Waals surface area contributed by atoms with E-state index in [0.29, 0.717) is 4.70 Å². The van der Waals surface area contributed by atoms with Crippen molar-refractivity contribution in [2.45, 2.75) is 44.4 Å². The van der Waals surface area contributed by atoms with Crippen molar-refractivity contribution in [2.24, 2.45) is 5.92 Å². The molecule has 15 heteroatoms. The molecule has 5 aromatic rings. The van der Waals surface area contributed by atoms with Gasteiger partial charge in [-0.05, 0) is 75.5 Å². The van der Waals surface area contributed by atoms with Crippen molar-refractivity contribution in [1.82, 2.24) is 25.1 Å². The molecule has 2 unspecified atom stereocenters. The summed E-state index contributed by atoms with van der Waals surface area (Å²) in [6, 6.07) is 17.1. The quantitative estimate of drug-likeness (QED) is 0.158. The summed E-state index contributed by atoms with van der Waals surface area (Å²) in [5, 5.41) is 25.5. The smallest absolute Gasteiger partial charge is 0.349 e. The summed E-state index contributed by atoms with van der Waals surface area (Å²) in [6.07, 6.45) is 1.13. The van der Waals surface area contributed by atoms with Crippen LogP contribution in [0.4, 0.5) is 0 Å². The second kappa shape index (κ2) is 14.8. The molecular weight excluding hydrogens is 666 g/mol. The average Bonchev–Trinajstić information content (AvgIpc) is 3.77. The minimum atomic E-state index is -2.21. The number of hydrogen-bond acceptors (Lipinski definition) is 11. The van der Waals surface area contributed by atoms with Gasteiger partial charge in [-0.2, -0.15) is 5.10 Å². The van der Waals surface area contributed by atoms with Crippen LogP contribution < -0.4 is 5.56 Å². The Morgan fingerprint density at radius 1 is 0.900 bits per heavy atom. The van der Waals surface area contributed by atoms with Crippen molar-refractivity contribution in [3.05, 3.63) is 106 Å². The first-order chi connectivity index (χ1) is 24.1. The second-order valence-electron chi connectivity index (χ2n) is 12.0. The van der Waals surface area contributed by atoms with E-state index in [2.05, 4.69) is 20.1 Å². The van der Waals surface area contributed by atoms with Gasteiger partial charge in [0, 0.05) is 16.6 Å². The number of fused-ring (bicyclic) bond motifs is 4. The van der Waals surface area contributed by atoms with Gasteiger partial charge in [0.2, 0.25) is 12.2 Å². The van der Waals surface area contributed by atoms with E-state index in [0.717, 1.165) is 52.9 Å². The topological polar surface area (TPSA) is 205 Å². The number of aliphatic carboxylic acids is 2. The first-order valence-corrected chi connectivity index (χ1v) is 16.7. The van der Waals surface area contributed by atoms with Crippen LogP contribution in [0, 0.1) is 12.8 Å². The van der Waals surface area contributed by atoms with Gasteiger partial charge in [-0.1, -0.05) is 36.4 Å². The Hall–Kier alpha value is -5.67. The maximum absolute atomic E-state index is 12.6. The Labute approximate surface area is 288 Å². The van der Waals surface area contributed by atoms with E-state index in [1.165, 1.54) is 72.7 Å². The number of aryl methyl sites for hydroxylation is 1. The molecule has 3 aliphatic rings. The third-order valence-electron chi connectivity index (χ3n) is 8.71. The van der Waals surface area contributed by atoms with Gasteiger partial charge < -0.3 is 24.7 Å². The number of aromatic nitrogens is 4. The maximum Gasteiger partial charge on any atom is 0.349 e. The van der Waals surface area contributed by atoms with Crippen LogP contribution in [0.5, 0.6) is 0 Å². The number of esters is 2. The van der Waals surface area contributed by atoms with E-state index in [1.54, 1.807) is 12.1 Å². The molecule has 8 rings (SSSR count). The largest absolute Gasteiger partial charge is 0.478 e. The predicted octanol–water partition coefficient (Wildman–Crippen LogP) is 4.45. The van der Waals surface area contributed by atoms with Gasteiger partial charge in [0.15, 0.2) is 0 Å². The molecule has 3 aliphatic heterocycles. The lowest BCUT2D eigenvalue weighted by atomic mass is 9.83. The first-order valence-electron chi connectivity index (χ1n) is 15.8. The molecule has 0 saturated carbocycles. The second-order valence-corrected chi connectivity index (χ2v) is 13.0. The van der Waals surface area contributed by atoms with Gasteiger partial charge >= 0.3 is 23.9 Å². The van der Waals surface area contributed by atoms with E-state index in [9.17, 15) is 34.2 Å². The fourth-order valence-electron chi connectivity index (χ4n) is 6.10. The Balaban J connectivity index is 0.000000173. The van der Waals surface area contributed by atoms with Gasteiger partial charge in [0.05, 0.1) is 28.4 Å². The van der Waals surface area contributed by atoms with Crippen molar-refractivity contribution >= 4 is 45.4 Å². The number of carboxylic acids is 2. The number of aromatic amines is 2. The molecule has 0 spiro atoms. The molecule has 14 nitrogen and oxygen atoms in total. The SMILES string of the molecule is Cc1n[nH]cc1-c1cc2nc([C@@H]3CC4CCN3CC4)[nH]c(=O)c2s1.O=C(OC(C(=O)O)C(OC(=O)c1ccccc1)C(=O)O)c1ccccc1. The lowest BCUT2D eigenvalue weighted by molar-refractivity contribution is -0.166. The fourth-order valence-corrected chi connectivity index (χ4v) is 7.16. The molecule has 4 N–H and O–H groups in total. The number of benzene rings is 2. The number of nitrogens with zero attached hydrogens (tertiary/aromatic N) is 3. The summed E-state index contributed by atoms with van der Waals surface area (Å²) >= 11 is 1.49. The van der Waals surface area contributed by atoms with E-state index in [-0.39, 0.29) is 22.7 Å². The van der Waals surface area contributed by atoms with E-state index in [1.807, 2.05) is 19.2 Å². The number of ether oxygens (including phenoxy) is 2. The Morgan fingerprint density at radius 2 is 1.46 bits per heavy atom. The third-order valence-corrected chi connectivity index (χ3v) is 9.86. The summed E-state index contributed by atoms with van der Waals surface area (Å²) < 4.78 is 10.2. The van der Waals surface area contributed by atoms with Gasteiger partial charge in [0.1, 0.15) is 10.5 Å². The summed E-state index contributed by atoms with van der Waals surface area (Å²) in [7, 11) is 0. The van der Waals surface area contributed by atoms with Crippen molar-refractivity contribution in [2.75, 3.05) is 13.1 Å². The Bertz CT molecular complexity index is 2000. The predicted molar refractivity (Wildman–Crippen MR) is 181 cm³/mol. The number of carbonyl (C=O) groups excluding carboxylic acids is 2. The molecule has 50 heavy (non-hydrogen) atoms. The van der Waals surface area contributed by atoms with Crippen molar-refractivity contribution in [3.8, 4) is 10.4 Å². The number of piperidine rings is 3. The number of carboxylic acid groups (broad SMARTS) is 2. The highest BCUT2D eigenvalue weighted by molar-refractivity contribution is 7.22. The Kier molecular flexibility index (Phi) is 10.2. The van der Waals surface area contributed by atoms with Gasteiger partial charge in [-0.15, -0.1) is 11.3 Å². The van der Waals surface area contributed by atoms with Crippen LogP contribution in [-0.4, -0.2) is 84.5 Å². The highest BCUT2D eigenvalue weighted by Gasteiger charge is 2.41. The van der Waals surface area contributed by atoms with Crippen LogP contribution in [0.15, 0.2) is 77.7 Å². The third kappa shape index (κ3) is 7.48. The zero-order valence-electron chi connectivity index (χ0n) is 26.8. The van der Waals surface area contributed by atoms with Crippen LogP contribution in [0.2, 0.25) is 0 Å². The minimum Gasteiger partial charge on any atom is -0.478 e. The molecule has 0 aliphatic carbocycles. The molecule has 3 atom stereocenters. The number of thiophene rings is 1. The number of nitrogens with one attached hydrogen (secondary N) is 2. The van der Waals surface area contributed by atoms with Crippen molar-refractivity contribution < 1.29 is 38.9 Å². The van der Waals surface area contributed by atoms with E-state index in [4.69, 9.17) is 14.5 Å². The fraction of sp³-hybridized carbons (Fsp3) is 0.286. The van der Waals surface area contributed by atoms with Crippen molar-refractivity contribution in [1.29, 1.82) is 0 Å². The zero-order valence-corrected chi connectivity index (χ0v) is 27.6. The molecule has 3 saturated heterocycles. The Morgan fingerprint density at radius 3 is 1.92 bits per heavy atom. The lowest BCUT2D eigenvalue weighted by Gasteiger charge is -2.44. The van der Waals surface area contributed by atoms with Crippen LogP contribution in [0.25, 0.3) is 20.7 Å². The van der Waals surface area contributed by atoms with Crippen LogP contribution in [0.3, 0.4) is 0 Å². The zero-order chi connectivity index (χ0) is 35.4. The lowest BCUT2D eigenvalue weighted by Crippen LogP contribution is -2.45. The molecule has 2 bridgehead atoms. The molecule has 6 heterocycles. The summed E-state index contributed by atoms with van der Waals surface area (Å²) in [4.78, 5) is 70.8. The van der Waals surface area contributed by atoms with Crippen molar-refractivity contribution in [3.63, 3.8) is 0 Å². The number of rotatable bonds is 9. The molecule has 0 radical (unpaired) electrons. The standard InChI is InChI=1S/C18H14O8.C17H19N5OS/c19-15(20)13(25-17(23)11-7-3-1-4-8-11)14(16(21)22)26-18(24)12-9-5-2-6-10-12;1-9-11(8-18-21-9)14-7-12-15(24-14)17(23)20-16(19-12)13-6-10-2-4-22(13)5-3-10/h1-10,13-14H,(H,19,20)(H,21,22);7-8,10,13H,2-6H2,1H3,(H,18,21)(H,19,20,23)/t;13-/m.0/s1. The number of carbonyl (C=O) groups is 4. The van der Waals surface area contributed by atoms with Gasteiger partial charge in [0.25, 0.3) is 5.56 Å². The first kappa shape index (κ1) is 34.2. The average molecular weight is 700 g/mol. The highest BCUT2D eigenvalue weighted by Crippen LogP contribution is 2.40. The molecule has 3 aromatic heterocycles. The van der Waals surface area contributed by atoms with Crippen LogP contribution >= 0.6 is 11.3 Å². The summed E-state index contributed by atoms with van der Waals surface area (Å²) in [5.74, 6) is -4.01. The van der Waals surface area contributed by atoms with Crippen LogP contribution in [-0.2, 0) is 19.1 Å². The minimum absolute atomic E-state index is 0.0185. The molecule has 3 fully saturated rings. The maximum atomic E-state index is 12.6. The monoisotopic (exact) mass is 699 g/mol. The normalized spacial score (nSPS) is 19.1. The molecule has 0 amide bonds. The summed E-state index contributed by atoms with van der Waals surface area (Å²) in [5.41, 5.74) is 2.81. The molecular formula is C35H33N5O9S. The number of hydrogen-bond donors (Lipinski definition) is 4. The van der Waals surface area contributed by atoms with E-state index >= 15 is 0 Å². The van der Waals surface area contributed by atoms with Gasteiger partial charge in [-0.3, -0.25) is 14.8 Å². The number of H-pyrrole nitrogens is 2.